The third-order valence-electron chi connectivity index (χ3n) is 2.20. The second kappa shape index (κ2) is 6.00. The molecule has 0 atom stereocenters. The zero-order chi connectivity index (χ0) is 12.8. The molecule has 2 aromatic heterocycles. The van der Waals surface area contributed by atoms with Crippen LogP contribution in [0.3, 0.4) is 0 Å². The molecule has 0 radical (unpaired) electrons. The largest absolute Gasteiger partial charge is 0.472 e. The molecule has 0 aromatic carbocycles. The lowest BCUT2D eigenvalue weighted by Crippen LogP contribution is -2.14. The van der Waals surface area contributed by atoms with Gasteiger partial charge in [0.25, 0.3) is 5.88 Å². The van der Waals surface area contributed by atoms with E-state index in [-0.39, 0.29) is 6.10 Å². The summed E-state index contributed by atoms with van der Waals surface area (Å²) >= 11 is 0. The van der Waals surface area contributed by atoms with Gasteiger partial charge in [-0.25, -0.2) is 9.97 Å². The van der Waals surface area contributed by atoms with E-state index in [4.69, 9.17) is 4.74 Å². The van der Waals surface area contributed by atoms with E-state index in [0.29, 0.717) is 11.7 Å². The van der Waals surface area contributed by atoms with Crippen LogP contribution in [0, 0.1) is 0 Å². The Balaban J connectivity index is 1.92. The molecule has 0 unspecified atom stereocenters. The zero-order valence-corrected chi connectivity index (χ0v) is 10.6. The van der Waals surface area contributed by atoms with Crippen LogP contribution in [0.4, 0.5) is 5.82 Å². The maximum absolute atomic E-state index is 5.57. The van der Waals surface area contributed by atoms with Crippen molar-refractivity contribution in [2.24, 2.45) is 0 Å². The topological polar surface area (TPSA) is 64.9 Å². The van der Waals surface area contributed by atoms with Crippen molar-refractivity contribution in [2.75, 3.05) is 11.9 Å². The highest BCUT2D eigenvalue weighted by Crippen LogP contribution is 2.18. The minimum absolute atomic E-state index is 0.0772. The molecule has 6 nitrogen and oxygen atoms in total. The molecule has 96 valence electrons. The third kappa shape index (κ3) is 3.44. The molecule has 2 heterocycles. The Morgan fingerprint density at radius 3 is 2.83 bits per heavy atom. The van der Waals surface area contributed by atoms with Gasteiger partial charge in [0.1, 0.15) is 0 Å². The Hall–Kier alpha value is -2.11. The first-order valence-corrected chi connectivity index (χ1v) is 5.94. The Kier molecular flexibility index (Phi) is 4.11. The molecule has 0 amide bonds. The molecule has 2 rings (SSSR count). The Bertz CT molecular complexity index is 469. The summed E-state index contributed by atoms with van der Waals surface area (Å²) in [7, 11) is 0. The fourth-order valence-corrected chi connectivity index (χ4v) is 1.48. The predicted octanol–water partition coefficient (Wildman–Crippen LogP) is 1.57. The number of anilines is 1. The van der Waals surface area contributed by atoms with Crippen molar-refractivity contribution in [1.82, 2.24) is 19.7 Å². The second-order valence-corrected chi connectivity index (χ2v) is 4.07. The number of aromatic nitrogens is 4. The van der Waals surface area contributed by atoms with Crippen LogP contribution < -0.4 is 10.1 Å². The number of nitrogens with zero attached hydrogens (tertiary/aromatic N) is 4. The first-order chi connectivity index (χ1) is 8.75. The Morgan fingerprint density at radius 2 is 2.11 bits per heavy atom. The molecule has 0 aliphatic rings. The van der Waals surface area contributed by atoms with E-state index in [0.717, 1.165) is 13.1 Å². The standard InChI is InChI=1S/C12H17N5O/c1-10(2)18-12-11(13-5-6-15-12)14-7-9-17-8-3-4-16-17/h3-6,8,10H,7,9H2,1-2H3,(H,13,14). The fourth-order valence-electron chi connectivity index (χ4n) is 1.48. The van der Waals surface area contributed by atoms with Gasteiger partial charge in [-0.15, -0.1) is 0 Å². The van der Waals surface area contributed by atoms with Gasteiger partial charge in [0.2, 0.25) is 0 Å². The van der Waals surface area contributed by atoms with Gasteiger partial charge in [0, 0.05) is 31.3 Å². The lowest BCUT2D eigenvalue weighted by Gasteiger charge is -2.12. The summed E-state index contributed by atoms with van der Waals surface area (Å²) in [5.41, 5.74) is 0. The van der Waals surface area contributed by atoms with Crippen LogP contribution in [-0.4, -0.2) is 32.4 Å². The number of rotatable bonds is 6. The van der Waals surface area contributed by atoms with Crippen LogP contribution in [0.5, 0.6) is 5.88 Å². The van der Waals surface area contributed by atoms with Crippen molar-refractivity contribution in [2.45, 2.75) is 26.5 Å². The lowest BCUT2D eigenvalue weighted by atomic mass is 10.5. The van der Waals surface area contributed by atoms with Crippen LogP contribution in [0.25, 0.3) is 0 Å². The number of hydrogen-bond donors (Lipinski definition) is 1. The minimum atomic E-state index is 0.0772. The molecule has 2 aromatic rings. The summed E-state index contributed by atoms with van der Waals surface area (Å²) in [5, 5.41) is 7.33. The van der Waals surface area contributed by atoms with Crippen LogP contribution in [-0.2, 0) is 6.54 Å². The summed E-state index contributed by atoms with van der Waals surface area (Å²) in [6.45, 7) is 5.41. The Morgan fingerprint density at radius 1 is 1.28 bits per heavy atom. The van der Waals surface area contributed by atoms with Gasteiger partial charge < -0.3 is 10.1 Å². The van der Waals surface area contributed by atoms with Crippen LogP contribution in [0.1, 0.15) is 13.8 Å². The monoisotopic (exact) mass is 247 g/mol. The summed E-state index contributed by atoms with van der Waals surface area (Å²) in [6, 6.07) is 1.90. The Labute approximate surface area is 106 Å². The van der Waals surface area contributed by atoms with Gasteiger partial charge in [-0.3, -0.25) is 4.68 Å². The summed E-state index contributed by atoms with van der Waals surface area (Å²) in [5.74, 6) is 1.20. The molecule has 0 saturated carbocycles. The van der Waals surface area contributed by atoms with Gasteiger partial charge in [-0.05, 0) is 19.9 Å². The molecule has 0 aliphatic heterocycles. The van der Waals surface area contributed by atoms with Gasteiger partial charge in [-0.1, -0.05) is 0 Å². The third-order valence-corrected chi connectivity index (χ3v) is 2.20. The molecule has 18 heavy (non-hydrogen) atoms. The average Bonchev–Trinajstić information content (AvgIpc) is 2.84. The van der Waals surface area contributed by atoms with E-state index in [9.17, 15) is 0 Å². The fraction of sp³-hybridized carbons (Fsp3) is 0.417. The quantitative estimate of drug-likeness (QED) is 0.839. The highest BCUT2D eigenvalue weighted by molar-refractivity contribution is 5.44. The van der Waals surface area contributed by atoms with Crippen molar-refractivity contribution in [3.05, 3.63) is 30.9 Å². The van der Waals surface area contributed by atoms with Gasteiger partial charge in [0.05, 0.1) is 12.6 Å². The first kappa shape index (κ1) is 12.3. The second-order valence-electron chi connectivity index (χ2n) is 4.07. The van der Waals surface area contributed by atoms with Crippen LogP contribution in [0.2, 0.25) is 0 Å². The molecule has 0 spiro atoms. The van der Waals surface area contributed by atoms with E-state index in [1.807, 2.05) is 30.8 Å². The van der Waals surface area contributed by atoms with Gasteiger partial charge in [-0.2, -0.15) is 5.10 Å². The molecular weight excluding hydrogens is 230 g/mol. The van der Waals surface area contributed by atoms with Gasteiger partial charge in [0.15, 0.2) is 5.82 Å². The number of ether oxygens (including phenoxy) is 1. The summed E-state index contributed by atoms with van der Waals surface area (Å²) in [6.07, 6.45) is 7.02. The van der Waals surface area contributed by atoms with Gasteiger partial charge >= 0.3 is 0 Å². The molecular formula is C12H17N5O. The molecule has 1 N–H and O–H groups in total. The van der Waals surface area contributed by atoms with Crippen molar-refractivity contribution >= 4 is 5.82 Å². The maximum atomic E-state index is 5.57. The molecule has 6 heteroatoms. The zero-order valence-electron chi connectivity index (χ0n) is 10.6. The average molecular weight is 247 g/mol. The van der Waals surface area contributed by atoms with E-state index >= 15 is 0 Å². The van der Waals surface area contributed by atoms with E-state index in [1.54, 1.807) is 18.6 Å². The van der Waals surface area contributed by atoms with E-state index in [1.165, 1.54) is 0 Å². The normalized spacial score (nSPS) is 10.6. The smallest absolute Gasteiger partial charge is 0.257 e. The van der Waals surface area contributed by atoms with Crippen molar-refractivity contribution in [3.8, 4) is 5.88 Å². The highest BCUT2D eigenvalue weighted by atomic mass is 16.5. The molecule has 0 aliphatic carbocycles. The highest BCUT2D eigenvalue weighted by Gasteiger charge is 2.07. The maximum Gasteiger partial charge on any atom is 0.257 e. The minimum Gasteiger partial charge on any atom is -0.472 e. The van der Waals surface area contributed by atoms with Crippen LogP contribution >= 0.6 is 0 Å². The SMILES string of the molecule is CC(C)Oc1nccnc1NCCn1cccn1. The van der Waals surface area contributed by atoms with Crippen molar-refractivity contribution in [3.63, 3.8) is 0 Å². The molecule has 0 bridgehead atoms. The van der Waals surface area contributed by atoms with Crippen LogP contribution in [0.15, 0.2) is 30.9 Å². The van der Waals surface area contributed by atoms with Crippen molar-refractivity contribution in [1.29, 1.82) is 0 Å². The molecule has 0 fully saturated rings. The predicted molar refractivity (Wildman–Crippen MR) is 68.5 cm³/mol. The summed E-state index contributed by atoms with van der Waals surface area (Å²) in [4.78, 5) is 8.39. The van der Waals surface area contributed by atoms with E-state index < -0.39 is 0 Å². The summed E-state index contributed by atoms with van der Waals surface area (Å²) < 4.78 is 7.43. The lowest BCUT2D eigenvalue weighted by molar-refractivity contribution is 0.233. The number of nitrogens with one attached hydrogen (secondary N) is 1. The van der Waals surface area contributed by atoms with E-state index in [2.05, 4.69) is 20.4 Å². The first-order valence-electron chi connectivity index (χ1n) is 5.94. The molecule has 0 saturated heterocycles. The number of hydrogen-bond acceptors (Lipinski definition) is 5. The van der Waals surface area contributed by atoms with Crippen molar-refractivity contribution < 1.29 is 4.74 Å².